The number of carbonyl (C=O) groups is 1. The number of benzene rings is 1. The lowest BCUT2D eigenvalue weighted by Crippen LogP contribution is -2.55. The number of H-pyrrole nitrogens is 1. The Kier molecular flexibility index (Phi) is 3.90. The van der Waals surface area contributed by atoms with E-state index in [4.69, 9.17) is 0 Å². The third-order valence-corrected chi connectivity index (χ3v) is 7.93. The number of aliphatic hydroxyl groups is 1. The van der Waals surface area contributed by atoms with Crippen molar-refractivity contribution in [2.24, 2.45) is 5.92 Å². The van der Waals surface area contributed by atoms with Crippen molar-refractivity contribution < 1.29 is 9.90 Å². The number of fused-ring (bicyclic) bond motifs is 4. The summed E-state index contributed by atoms with van der Waals surface area (Å²) >= 11 is 3.30. The first kappa shape index (κ1) is 17.4. The van der Waals surface area contributed by atoms with Crippen LogP contribution < -0.4 is 5.32 Å². The average molecular weight is 426 g/mol. The Balaban J connectivity index is 1.31. The first-order valence-electron chi connectivity index (χ1n) is 9.72. The summed E-state index contributed by atoms with van der Waals surface area (Å²) in [6.07, 6.45) is 3.69. The van der Waals surface area contributed by atoms with Crippen molar-refractivity contribution in [3.8, 4) is 0 Å². The number of nitrogens with one attached hydrogen (secondary N) is 2. The number of aryl methyl sites for hydroxylation is 1. The van der Waals surface area contributed by atoms with Crippen LogP contribution >= 0.6 is 22.9 Å². The SMILES string of the molecule is O=C([C@H]1CCc2c(sc3ncnc(Nc4ccc5[nH]sc5c4)c23)C1)N1CC(O)C1. The van der Waals surface area contributed by atoms with E-state index in [0.29, 0.717) is 13.1 Å². The van der Waals surface area contributed by atoms with Crippen molar-refractivity contribution in [1.29, 1.82) is 0 Å². The summed E-state index contributed by atoms with van der Waals surface area (Å²) in [7, 11) is 0. The maximum atomic E-state index is 12.7. The van der Waals surface area contributed by atoms with E-state index in [-0.39, 0.29) is 17.9 Å². The van der Waals surface area contributed by atoms with Gasteiger partial charge in [0.15, 0.2) is 0 Å². The van der Waals surface area contributed by atoms with Crippen molar-refractivity contribution in [3.63, 3.8) is 0 Å². The van der Waals surface area contributed by atoms with Gasteiger partial charge in [-0.2, -0.15) is 0 Å². The minimum Gasteiger partial charge on any atom is -0.389 e. The van der Waals surface area contributed by atoms with Gasteiger partial charge in [-0.15, -0.1) is 11.3 Å². The fourth-order valence-corrected chi connectivity index (χ4v) is 6.21. The summed E-state index contributed by atoms with van der Waals surface area (Å²) in [5.41, 5.74) is 3.45. The molecule has 7 nitrogen and oxygen atoms in total. The van der Waals surface area contributed by atoms with Crippen LogP contribution in [0.2, 0.25) is 0 Å². The van der Waals surface area contributed by atoms with Gasteiger partial charge in [0.2, 0.25) is 5.91 Å². The van der Waals surface area contributed by atoms with Crippen LogP contribution in [0.25, 0.3) is 20.4 Å². The zero-order chi connectivity index (χ0) is 19.5. The van der Waals surface area contributed by atoms with Crippen LogP contribution in [0.3, 0.4) is 0 Å². The fourth-order valence-electron chi connectivity index (χ4n) is 4.28. The molecular formula is C20H19N5O2S2. The molecule has 1 aromatic carbocycles. The Hall–Kier alpha value is -2.49. The van der Waals surface area contributed by atoms with E-state index < -0.39 is 0 Å². The molecule has 1 aliphatic heterocycles. The fraction of sp³-hybridized carbons (Fsp3) is 0.350. The molecule has 29 heavy (non-hydrogen) atoms. The smallest absolute Gasteiger partial charge is 0.226 e. The summed E-state index contributed by atoms with van der Waals surface area (Å²) in [6, 6.07) is 6.24. The van der Waals surface area contributed by atoms with Crippen LogP contribution in [0, 0.1) is 5.92 Å². The van der Waals surface area contributed by atoms with Crippen molar-refractivity contribution in [3.05, 3.63) is 35.0 Å². The third-order valence-electron chi connectivity index (χ3n) is 5.88. The highest BCUT2D eigenvalue weighted by molar-refractivity contribution is 7.19. The van der Waals surface area contributed by atoms with Crippen molar-refractivity contribution in [2.75, 3.05) is 18.4 Å². The Labute approximate surface area is 174 Å². The molecular weight excluding hydrogens is 406 g/mol. The third kappa shape index (κ3) is 2.84. The van der Waals surface area contributed by atoms with Crippen LogP contribution in [0.15, 0.2) is 24.5 Å². The molecule has 2 aliphatic rings. The predicted octanol–water partition coefficient (Wildman–Crippen LogP) is 3.29. The highest BCUT2D eigenvalue weighted by Crippen LogP contribution is 2.41. The van der Waals surface area contributed by atoms with Gasteiger partial charge in [0.05, 0.1) is 21.7 Å². The van der Waals surface area contributed by atoms with E-state index in [2.05, 4.69) is 37.9 Å². The van der Waals surface area contributed by atoms with Crippen molar-refractivity contribution in [2.45, 2.75) is 25.4 Å². The molecule has 0 spiro atoms. The lowest BCUT2D eigenvalue weighted by Gasteiger charge is -2.38. The first-order valence-corrected chi connectivity index (χ1v) is 11.3. The lowest BCUT2D eigenvalue weighted by atomic mass is 9.86. The van der Waals surface area contributed by atoms with Gasteiger partial charge in [-0.3, -0.25) is 4.79 Å². The summed E-state index contributed by atoms with van der Waals surface area (Å²) in [5.74, 6) is 1.02. The Bertz CT molecular complexity index is 1240. The summed E-state index contributed by atoms with van der Waals surface area (Å²) in [6.45, 7) is 0.950. The van der Waals surface area contributed by atoms with Gasteiger partial charge in [0.1, 0.15) is 17.0 Å². The number of hydrogen-bond acceptors (Lipinski definition) is 7. The largest absolute Gasteiger partial charge is 0.389 e. The Morgan fingerprint density at radius 1 is 1.31 bits per heavy atom. The van der Waals surface area contributed by atoms with Crippen LogP contribution in [0.5, 0.6) is 0 Å². The molecule has 4 aromatic rings. The Morgan fingerprint density at radius 3 is 2.97 bits per heavy atom. The van der Waals surface area contributed by atoms with Crippen LogP contribution in [-0.2, 0) is 17.6 Å². The highest BCUT2D eigenvalue weighted by Gasteiger charge is 2.36. The molecule has 1 amide bonds. The monoisotopic (exact) mass is 425 g/mol. The molecule has 0 radical (unpaired) electrons. The topological polar surface area (TPSA) is 94.1 Å². The number of rotatable bonds is 3. The van der Waals surface area contributed by atoms with Crippen molar-refractivity contribution >= 4 is 60.7 Å². The maximum Gasteiger partial charge on any atom is 0.226 e. The second-order valence-corrected chi connectivity index (χ2v) is 9.71. The van der Waals surface area contributed by atoms with Crippen LogP contribution in [0.4, 0.5) is 11.5 Å². The number of thiophene rings is 1. The van der Waals surface area contributed by atoms with Gasteiger partial charge >= 0.3 is 0 Å². The van der Waals surface area contributed by atoms with Gasteiger partial charge in [0.25, 0.3) is 0 Å². The normalized spacial score (nSPS) is 19.5. The van der Waals surface area contributed by atoms with E-state index >= 15 is 0 Å². The summed E-state index contributed by atoms with van der Waals surface area (Å²) in [5, 5.41) is 14.0. The quantitative estimate of drug-likeness (QED) is 0.468. The van der Waals surface area contributed by atoms with Gasteiger partial charge in [-0.1, -0.05) is 11.5 Å². The van der Waals surface area contributed by atoms with E-state index in [0.717, 1.165) is 46.5 Å². The number of nitrogens with zero attached hydrogens (tertiary/aromatic N) is 3. The number of β-amino-alcohol motifs (C(OH)–C–C–N with tert-alkyl or cyclic N) is 1. The molecule has 6 rings (SSSR count). The van der Waals surface area contributed by atoms with Gasteiger partial charge in [0, 0.05) is 29.6 Å². The number of likely N-dealkylation sites (tertiary alicyclic amines) is 1. The molecule has 0 bridgehead atoms. The van der Waals surface area contributed by atoms with Gasteiger partial charge in [-0.25, -0.2) is 9.97 Å². The number of aliphatic hydroxyl groups excluding tert-OH is 1. The summed E-state index contributed by atoms with van der Waals surface area (Å²) < 4.78 is 4.43. The summed E-state index contributed by atoms with van der Waals surface area (Å²) in [4.78, 5) is 25.7. The van der Waals surface area contributed by atoms with Gasteiger partial charge < -0.3 is 19.7 Å². The standard InChI is InChI=1S/C20H19N5O2S2/c26-12-7-25(8-12)20(27)10-1-3-13-15(5-10)28-19-17(13)18(21-9-22-19)23-11-2-4-14-16(6-11)29-24-14/h2,4,6,9-10,12,24,26H,1,3,5,7-8H2,(H,21,22,23)/t10-/m0/s1. The molecule has 9 heteroatoms. The minimum absolute atomic E-state index is 0.00455. The van der Waals surface area contributed by atoms with E-state index in [1.54, 1.807) is 34.1 Å². The van der Waals surface area contributed by atoms with E-state index in [1.165, 1.54) is 15.1 Å². The molecule has 4 heterocycles. The molecule has 3 aromatic heterocycles. The highest BCUT2D eigenvalue weighted by atomic mass is 32.1. The molecule has 148 valence electrons. The second kappa shape index (κ2) is 6.51. The minimum atomic E-state index is -0.351. The predicted molar refractivity (Wildman–Crippen MR) is 115 cm³/mol. The van der Waals surface area contributed by atoms with Crippen LogP contribution in [0.1, 0.15) is 16.9 Å². The molecule has 1 saturated heterocycles. The van der Waals surface area contributed by atoms with E-state index in [9.17, 15) is 9.90 Å². The number of amides is 1. The molecule has 0 unspecified atom stereocenters. The number of aromatic nitrogens is 3. The van der Waals surface area contributed by atoms with Gasteiger partial charge in [-0.05, 0) is 43.0 Å². The first-order chi connectivity index (χ1) is 14.2. The molecule has 1 fully saturated rings. The average Bonchev–Trinajstić information content (AvgIpc) is 3.06. The Morgan fingerprint density at radius 2 is 2.21 bits per heavy atom. The second-order valence-electron chi connectivity index (χ2n) is 7.78. The lowest BCUT2D eigenvalue weighted by molar-refractivity contribution is -0.146. The maximum absolute atomic E-state index is 12.7. The molecule has 3 N–H and O–H groups in total. The van der Waals surface area contributed by atoms with E-state index in [1.807, 2.05) is 0 Å². The molecule has 1 atom stereocenters. The zero-order valence-electron chi connectivity index (χ0n) is 15.5. The number of carbonyl (C=O) groups excluding carboxylic acids is 1. The number of aromatic amines is 1. The number of anilines is 2. The number of hydrogen-bond donors (Lipinski definition) is 3. The molecule has 1 aliphatic carbocycles. The van der Waals surface area contributed by atoms with Crippen molar-refractivity contribution in [1.82, 2.24) is 19.2 Å². The molecule has 0 saturated carbocycles. The van der Waals surface area contributed by atoms with Crippen LogP contribution in [-0.4, -0.2) is 49.4 Å². The zero-order valence-corrected chi connectivity index (χ0v) is 17.1.